The second kappa shape index (κ2) is 11.0. The molecule has 8 heteroatoms. The summed E-state index contributed by atoms with van der Waals surface area (Å²) in [4.78, 5) is 24.0. The van der Waals surface area contributed by atoms with E-state index in [1.165, 1.54) is 17.7 Å². The van der Waals surface area contributed by atoms with E-state index in [1.54, 1.807) is 17.7 Å². The van der Waals surface area contributed by atoms with Gasteiger partial charge in [-0.05, 0) is 48.7 Å². The van der Waals surface area contributed by atoms with Crippen molar-refractivity contribution in [2.75, 3.05) is 11.9 Å². The van der Waals surface area contributed by atoms with Crippen LogP contribution in [-0.4, -0.2) is 28.3 Å². The van der Waals surface area contributed by atoms with Gasteiger partial charge in [0.05, 0.1) is 12.2 Å². The average molecular weight is 472 g/mol. The first-order valence-corrected chi connectivity index (χ1v) is 10.8. The molecule has 0 radical (unpaired) electrons. The molecular weight excluding hydrogens is 449 g/mol. The summed E-state index contributed by atoms with van der Waals surface area (Å²) >= 11 is 12.7. The number of rotatable bonds is 8. The Balaban J connectivity index is 1.56. The monoisotopic (exact) mass is 471 g/mol. The van der Waals surface area contributed by atoms with Crippen LogP contribution in [0.1, 0.15) is 29.3 Å². The van der Waals surface area contributed by atoms with E-state index < -0.39 is 18.5 Å². The Bertz CT molecular complexity index is 1140. The first-order chi connectivity index (χ1) is 15.4. The van der Waals surface area contributed by atoms with E-state index in [1.807, 2.05) is 42.5 Å². The number of carbonyl (C=O) groups is 2. The van der Waals surface area contributed by atoms with Gasteiger partial charge in [-0.1, -0.05) is 60.5 Å². The number of aryl methyl sites for hydroxylation is 2. The van der Waals surface area contributed by atoms with E-state index in [2.05, 4.69) is 17.3 Å². The fourth-order valence-electron chi connectivity index (χ4n) is 3.01. The lowest BCUT2D eigenvalue weighted by atomic mass is 10.1. The molecular formula is C24H23Cl2N3O3. The maximum atomic E-state index is 12.0. The zero-order valence-electron chi connectivity index (χ0n) is 17.8. The Hall–Kier alpha value is -3.09. The lowest BCUT2D eigenvalue weighted by Gasteiger charge is -2.06. The van der Waals surface area contributed by atoms with Crippen molar-refractivity contribution in [1.82, 2.24) is 9.78 Å². The molecule has 1 N–H and O–H groups in total. The third-order valence-electron chi connectivity index (χ3n) is 4.76. The number of aromatic nitrogens is 2. The number of ether oxygens (including phenoxy) is 1. The molecule has 0 atom stereocenters. The van der Waals surface area contributed by atoms with Crippen molar-refractivity contribution in [3.8, 4) is 0 Å². The molecule has 1 heterocycles. The maximum absolute atomic E-state index is 12.0. The van der Waals surface area contributed by atoms with Gasteiger partial charge in [-0.3, -0.25) is 4.79 Å². The number of nitrogens with zero attached hydrogens (tertiary/aromatic N) is 2. The highest BCUT2D eigenvalue weighted by molar-refractivity contribution is 6.32. The molecule has 1 aromatic heterocycles. The molecule has 0 aliphatic carbocycles. The van der Waals surface area contributed by atoms with E-state index >= 15 is 0 Å². The Kier molecular flexibility index (Phi) is 8.09. The zero-order chi connectivity index (χ0) is 23.1. The van der Waals surface area contributed by atoms with Gasteiger partial charge in [0.1, 0.15) is 5.15 Å². The molecule has 3 aromatic rings. The number of amides is 1. The third kappa shape index (κ3) is 6.22. The summed E-state index contributed by atoms with van der Waals surface area (Å²) in [5, 5.41) is 8.10. The first-order valence-electron chi connectivity index (χ1n) is 10.1. The van der Waals surface area contributed by atoms with Gasteiger partial charge in [-0.15, -0.1) is 0 Å². The van der Waals surface area contributed by atoms with Crippen LogP contribution in [0, 0.1) is 6.92 Å². The molecule has 0 fully saturated rings. The van der Waals surface area contributed by atoms with Crippen molar-refractivity contribution >= 4 is 46.8 Å². The van der Waals surface area contributed by atoms with Crippen LogP contribution in [0.3, 0.4) is 0 Å². The first kappa shape index (κ1) is 23.6. The molecule has 6 nitrogen and oxygen atoms in total. The SMILES string of the molecule is CCc1ccc(NC(=O)COC(=O)/C=C/c2c(C)nn(Cc3ccccc3Cl)c2Cl)cc1. The number of nitrogens with one attached hydrogen (secondary N) is 1. The molecule has 3 rings (SSSR count). The predicted octanol–water partition coefficient (Wildman–Crippen LogP) is 5.30. The number of carbonyl (C=O) groups excluding carboxylic acids is 2. The molecule has 0 bridgehead atoms. The highest BCUT2D eigenvalue weighted by Gasteiger charge is 2.13. The van der Waals surface area contributed by atoms with E-state index in [4.69, 9.17) is 27.9 Å². The minimum atomic E-state index is -0.657. The van der Waals surface area contributed by atoms with Gasteiger partial charge in [-0.2, -0.15) is 5.10 Å². The molecule has 0 aliphatic heterocycles. The highest BCUT2D eigenvalue weighted by atomic mass is 35.5. The lowest BCUT2D eigenvalue weighted by molar-refractivity contribution is -0.142. The lowest BCUT2D eigenvalue weighted by Crippen LogP contribution is -2.20. The summed E-state index contributed by atoms with van der Waals surface area (Å²) in [5.74, 6) is -1.08. The Morgan fingerprint density at radius 2 is 1.84 bits per heavy atom. The molecule has 0 spiro atoms. The fourth-order valence-corrected chi connectivity index (χ4v) is 3.50. The number of hydrogen-bond donors (Lipinski definition) is 1. The third-order valence-corrected chi connectivity index (χ3v) is 5.53. The molecule has 0 unspecified atom stereocenters. The van der Waals surface area contributed by atoms with Crippen LogP contribution < -0.4 is 5.32 Å². The molecule has 1 amide bonds. The summed E-state index contributed by atoms with van der Waals surface area (Å²) in [6.07, 6.45) is 3.66. The van der Waals surface area contributed by atoms with Crippen molar-refractivity contribution in [2.24, 2.45) is 0 Å². The molecule has 2 aromatic carbocycles. The molecule has 32 heavy (non-hydrogen) atoms. The van der Waals surface area contributed by atoms with Crippen LogP contribution in [0.25, 0.3) is 6.08 Å². The van der Waals surface area contributed by atoms with Crippen molar-refractivity contribution in [1.29, 1.82) is 0 Å². The number of halogens is 2. The maximum Gasteiger partial charge on any atom is 0.331 e. The number of esters is 1. The normalized spacial score (nSPS) is 11.0. The number of benzene rings is 2. The molecule has 0 saturated heterocycles. The summed E-state index contributed by atoms with van der Waals surface area (Å²) in [7, 11) is 0. The highest BCUT2D eigenvalue weighted by Crippen LogP contribution is 2.24. The Labute approximate surface area is 196 Å². The van der Waals surface area contributed by atoms with Crippen molar-refractivity contribution < 1.29 is 14.3 Å². The fraction of sp³-hybridized carbons (Fsp3) is 0.208. The minimum Gasteiger partial charge on any atom is -0.452 e. The Morgan fingerprint density at radius 1 is 1.12 bits per heavy atom. The summed E-state index contributed by atoms with van der Waals surface area (Å²) in [5.41, 5.74) is 3.94. The van der Waals surface area contributed by atoms with Crippen LogP contribution in [0.15, 0.2) is 54.6 Å². The smallest absolute Gasteiger partial charge is 0.331 e. The summed E-state index contributed by atoms with van der Waals surface area (Å²) < 4.78 is 6.63. The number of anilines is 1. The molecule has 0 aliphatic rings. The summed E-state index contributed by atoms with van der Waals surface area (Å²) in [6, 6.07) is 14.9. The number of hydrogen-bond acceptors (Lipinski definition) is 4. The van der Waals surface area contributed by atoms with Crippen molar-refractivity contribution in [3.63, 3.8) is 0 Å². The van der Waals surface area contributed by atoms with E-state index in [0.29, 0.717) is 33.7 Å². The van der Waals surface area contributed by atoms with Gasteiger partial charge in [0.2, 0.25) is 0 Å². The van der Waals surface area contributed by atoms with Crippen LogP contribution in [0.2, 0.25) is 10.2 Å². The molecule has 0 saturated carbocycles. The van der Waals surface area contributed by atoms with Crippen molar-refractivity contribution in [2.45, 2.75) is 26.8 Å². The van der Waals surface area contributed by atoms with Crippen molar-refractivity contribution in [3.05, 3.63) is 87.2 Å². The second-order valence-corrected chi connectivity index (χ2v) is 7.84. The Morgan fingerprint density at radius 3 is 2.53 bits per heavy atom. The summed E-state index contributed by atoms with van der Waals surface area (Å²) in [6.45, 7) is 3.85. The average Bonchev–Trinajstić information content (AvgIpc) is 3.05. The zero-order valence-corrected chi connectivity index (χ0v) is 19.3. The minimum absolute atomic E-state index is 0.375. The largest absolute Gasteiger partial charge is 0.452 e. The quantitative estimate of drug-likeness (QED) is 0.357. The van der Waals surface area contributed by atoms with Gasteiger partial charge in [0.25, 0.3) is 5.91 Å². The van der Waals surface area contributed by atoms with Crippen LogP contribution in [0.4, 0.5) is 5.69 Å². The van der Waals surface area contributed by atoms with E-state index in [9.17, 15) is 9.59 Å². The van der Waals surface area contributed by atoms with Gasteiger partial charge in [0.15, 0.2) is 6.61 Å². The van der Waals surface area contributed by atoms with Gasteiger partial charge < -0.3 is 10.1 Å². The van der Waals surface area contributed by atoms with Gasteiger partial charge in [0, 0.05) is 22.3 Å². The predicted molar refractivity (Wildman–Crippen MR) is 127 cm³/mol. The molecule has 166 valence electrons. The van der Waals surface area contributed by atoms with Crippen LogP contribution in [0.5, 0.6) is 0 Å². The second-order valence-electron chi connectivity index (χ2n) is 7.08. The van der Waals surface area contributed by atoms with Crippen LogP contribution in [-0.2, 0) is 27.3 Å². The topological polar surface area (TPSA) is 73.2 Å². The van der Waals surface area contributed by atoms with Gasteiger partial charge >= 0.3 is 5.97 Å². The van der Waals surface area contributed by atoms with E-state index in [-0.39, 0.29) is 0 Å². The van der Waals surface area contributed by atoms with E-state index in [0.717, 1.165) is 12.0 Å². The van der Waals surface area contributed by atoms with Gasteiger partial charge in [-0.25, -0.2) is 9.48 Å². The standard InChI is InChI=1S/C24H23Cl2N3O3/c1-3-17-8-10-19(11-9-17)27-22(30)15-32-23(31)13-12-20-16(2)28-29(24(20)26)14-18-6-4-5-7-21(18)25/h4-13H,3,14-15H2,1-2H3,(H,27,30)/b13-12+. The van der Waals surface area contributed by atoms with Crippen LogP contribution >= 0.6 is 23.2 Å².